The van der Waals surface area contributed by atoms with Gasteiger partial charge >= 0.3 is 12.1 Å². The maximum Gasteiger partial charge on any atom is 0.409 e. The lowest BCUT2D eigenvalue weighted by molar-refractivity contribution is -0.155. The monoisotopic (exact) mass is 394 g/mol. The van der Waals surface area contributed by atoms with Crippen LogP contribution in [0, 0.1) is 0 Å². The summed E-state index contributed by atoms with van der Waals surface area (Å²) in [5.41, 5.74) is 3.86. The van der Waals surface area contributed by atoms with Gasteiger partial charge in [-0.25, -0.2) is 9.59 Å². The number of Topliss-reactive ketones (excluding diaryl/α,β-unsaturated/α-hetero) is 1. The van der Waals surface area contributed by atoms with Gasteiger partial charge in [0.05, 0.1) is 13.7 Å². The number of aryl methyl sites for hydroxylation is 1. The minimum Gasteiger partial charge on any atom is -0.497 e. The van der Waals surface area contributed by atoms with Gasteiger partial charge in [0.1, 0.15) is 11.4 Å². The van der Waals surface area contributed by atoms with Gasteiger partial charge < -0.3 is 14.2 Å². The summed E-state index contributed by atoms with van der Waals surface area (Å²) in [7, 11) is 1.58. The number of amides is 1. The topological polar surface area (TPSA) is 117 Å². The number of ketones is 1. The molecule has 0 spiro atoms. The van der Waals surface area contributed by atoms with Gasteiger partial charge in [-0.15, -0.1) is 0 Å². The highest BCUT2D eigenvalue weighted by Gasteiger charge is 2.45. The summed E-state index contributed by atoms with van der Waals surface area (Å²) >= 11 is 0. The molecule has 0 saturated carbocycles. The molecule has 1 aromatic carbocycles. The van der Waals surface area contributed by atoms with Crippen molar-refractivity contribution in [3.8, 4) is 5.75 Å². The van der Waals surface area contributed by atoms with Crippen LogP contribution in [-0.4, -0.2) is 42.8 Å². The third kappa shape index (κ3) is 7.19. The normalized spacial score (nSPS) is 13.2. The van der Waals surface area contributed by atoms with E-state index in [4.69, 9.17) is 19.9 Å². The van der Waals surface area contributed by atoms with Crippen molar-refractivity contribution in [1.82, 2.24) is 5.32 Å². The minimum atomic E-state index is -2.29. The molecule has 1 unspecified atom stereocenters. The molecular formula is C20H30N2O6. The lowest BCUT2D eigenvalue weighted by atomic mass is 9.98. The van der Waals surface area contributed by atoms with Crippen LogP contribution < -0.4 is 15.8 Å². The first-order chi connectivity index (χ1) is 13.0. The quantitative estimate of drug-likeness (QED) is 0.375. The largest absolute Gasteiger partial charge is 0.497 e. The Hall–Kier alpha value is -2.61. The Kier molecular flexibility index (Phi) is 8.43. The Morgan fingerprint density at radius 1 is 1.11 bits per heavy atom. The second-order valence-electron chi connectivity index (χ2n) is 7.28. The standard InChI is InChI=1S/C20H30N2O6/c1-6-27-17(24)20(21,22-18(25)28-19(2,3)4)16(23)9-7-8-14-10-12-15(26-5)13-11-14/h10-13H,6-9,21H2,1-5H3,(H,22,25). The number of hydrogen-bond acceptors (Lipinski definition) is 7. The lowest BCUT2D eigenvalue weighted by Gasteiger charge is -2.28. The van der Waals surface area contributed by atoms with Gasteiger partial charge in [0.25, 0.3) is 5.66 Å². The predicted molar refractivity (Wildman–Crippen MR) is 104 cm³/mol. The second kappa shape index (κ2) is 10.1. The van der Waals surface area contributed by atoms with E-state index < -0.39 is 29.1 Å². The SMILES string of the molecule is CCOC(=O)C(N)(NC(=O)OC(C)(C)C)C(=O)CCCc1ccc(OC)cc1. The van der Waals surface area contributed by atoms with Crippen molar-refractivity contribution in [3.05, 3.63) is 29.8 Å². The smallest absolute Gasteiger partial charge is 0.409 e. The molecule has 0 saturated heterocycles. The fourth-order valence-electron chi connectivity index (χ4n) is 2.39. The third-order valence-electron chi connectivity index (χ3n) is 3.76. The molecule has 0 radical (unpaired) electrons. The number of benzene rings is 1. The number of nitrogens with one attached hydrogen (secondary N) is 1. The Labute approximate surface area is 165 Å². The van der Waals surface area contributed by atoms with E-state index >= 15 is 0 Å². The number of nitrogens with two attached hydrogens (primary N) is 1. The Morgan fingerprint density at radius 2 is 1.71 bits per heavy atom. The first-order valence-corrected chi connectivity index (χ1v) is 9.15. The predicted octanol–water partition coefficient (Wildman–Crippen LogP) is 2.33. The van der Waals surface area contributed by atoms with Crippen molar-refractivity contribution in [2.24, 2.45) is 5.73 Å². The first kappa shape index (κ1) is 23.4. The molecule has 1 rings (SSSR count). The molecule has 0 aliphatic carbocycles. The number of ether oxygens (including phenoxy) is 3. The van der Waals surface area contributed by atoms with Crippen LogP contribution in [0.3, 0.4) is 0 Å². The average Bonchev–Trinajstić information content (AvgIpc) is 2.60. The van der Waals surface area contributed by atoms with E-state index in [1.54, 1.807) is 34.8 Å². The highest BCUT2D eigenvalue weighted by atomic mass is 16.6. The maximum absolute atomic E-state index is 12.7. The number of alkyl carbamates (subject to hydrolysis) is 1. The molecule has 0 bridgehead atoms. The summed E-state index contributed by atoms with van der Waals surface area (Å²) in [5.74, 6) is -0.926. The highest BCUT2D eigenvalue weighted by Crippen LogP contribution is 2.15. The Bertz CT molecular complexity index is 681. The second-order valence-corrected chi connectivity index (χ2v) is 7.28. The van der Waals surface area contributed by atoms with E-state index in [9.17, 15) is 14.4 Å². The molecule has 0 aliphatic heterocycles. The molecule has 0 aromatic heterocycles. The minimum absolute atomic E-state index is 0.0167. The fraction of sp³-hybridized carbons (Fsp3) is 0.550. The van der Waals surface area contributed by atoms with Crippen LogP contribution in [0.25, 0.3) is 0 Å². The van der Waals surface area contributed by atoms with Gasteiger partial charge in [0.2, 0.25) is 0 Å². The molecule has 28 heavy (non-hydrogen) atoms. The molecule has 0 aliphatic rings. The van der Waals surface area contributed by atoms with Crippen LogP contribution >= 0.6 is 0 Å². The molecular weight excluding hydrogens is 364 g/mol. The van der Waals surface area contributed by atoms with Crippen LogP contribution in [-0.2, 0) is 25.5 Å². The van der Waals surface area contributed by atoms with Gasteiger partial charge in [0.15, 0.2) is 5.78 Å². The van der Waals surface area contributed by atoms with Crippen LogP contribution in [0.2, 0.25) is 0 Å². The molecule has 0 heterocycles. The average molecular weight is 394 g/mol. The Balaban J connectivity index is 2.77. The molecule has 156 valence electrons. The van der Waals surface area contributed by atoms with E-state index in [0.29, 0.717) is 12.8 Å². The summed E-state index contributed by atoms with van der Waals surface area (Å²) < 4.78 is 15.1. The number of carbonyl (C=O) groups excluding carboxylic acids is 3. The van der Waals surface area contributed by atoms with Crippen molar-refractivity contribution in [2.75, 3.05) is 13.7 Å². The van der Waals surface area contributed by atoms with Crippen LogP contribution in [0.5, 0.6) is 5.75 Å². The molecule has 0 fully saturated rings. The maximum atomic E-state index is 12.7. The first-order valence-electron chi connectivity index (χ1n) is 9.15. The number of carbonyl (C=O) groups is 3. The zero-order valence-electron chi connectivity index (χ0n) is 17.2. The van der Waals surface area contributed by atoms with Crippen molar-refractivity contribution in [1.29, 1.82) is 0 Å². The molecule has 1 atom stereocenters. The van der Waals surface area contributed by atoms with Crippen LogP contribution in [0.4, 0.5) is 4.79 Å². The molecule has 8 nitrogen and oxygen atoms in total. The summed E-state index contributed by atoms with van der Waals surface area (Å²) in [6.07, 6.45) is 0.0594. The summed E-state index contributed by atoms with van der Waals surface area (Å²) in [4.78, 5) is 37.0. The zero-order chi connectivity index (χ0) is 21.4. The molecule has 1 amide bonds. The lowest BCUT2D eigenvalue weighted by Crippen LogP contribution is -2.67. The van der Waals surface area contributed by atoms with E-state index in [2.05, 4.69) is 5.32 Å². The van der Waals surface area contributed by atoms with Crippen LogP contribution in [0.15, 0.2) is 24.3 Å². The van der Waals surface area contributed by atoms with E-state index in [1.165, 1.54) is 0 Å². The zero-order valence-corrected chi connectivity index (χ0v) is 17.2. The third-order valence-corrected chi connectivity index (χ3v) is 3.76. The number of rotatable bonds is 9. The molecule has 1 aromatic rings. The summed E-state index contributed by atoms with van der Waals surface area (Å²) in [6, 6.07) is 7.44. The highest BCUT2D eigenvalue weighted by molar-refractivity contribution is 6.09. The number of esters is 1. The van der Waals surface area contributed by atoms with Crippen molar-refractivity contribution in [2.45, 2.75) is 58.2 Å². The van der Waals surface area contributed by atoms with Gasteiger partial charge in [-0.05, 0) is 58.2 Å². The molecule has 3 N–H and O–H groups in total. The number of methoxy groups -OCH3 is 1. The summed E-state index contributed by atoms with van der Waals surface area (Å²) in [5, 5.41) is 2.17. The van der Waals surface area contributed by atoms with Crippen LogP contribution in [0.1, 0.15) is 46.1 Å². The number of hydrogen-bond donors (Lipinski definition) is 2. The molecule has 8 heteroatoms. The van der Waals surface area contributed by atoms with E-state index in [1.807, 2.05) is 24.3 Å². The van der Waals surface area contributed by atoms with Crippen molar-refractivity contribution < 1.29 is 28.6 Å². The van der Waals surface area contributed by atoms with Crippen molar-refractivity contribution in [3.63, 3.8) is 0 Å². The van der Waals surface area contributed by atoms with Crippen molar-refractivity contribution >= 4 is 17.8 Å². The summed E-state index contributed by atoms with van der Waals surface area (Å²) in [6.45, 7) is 6.58. The van der Waals surface area contributed by atoms with Gasteiger partial charge in [-0.3, -0.25) is 15.8 Å². The van der Waals surface area contributed by atoms with E-state index in [-0.39, 0.29) is 13.0 Å². The van der Waals surface area contributed by atoms with E-state index in [0.717, 1.165) is 11.3 Å². The fourth-order valence-corrected chi connectivity index (χ4v) is 2.39. The van der Waals surface area contributed by atoms with Gasteiger partial charge in [-0.1, -0.05) is 12.1 Å². The Morgan fingerprint density at radius 3 is 2.21 bits per heavy atom. The van der Waals surface area contributed by atoms with Gasteiger partial charge in [-0.2, -0.15) is 0 Å². The van der Waals surface area contributed by atoms with Gasteiger partial charge in [0, 0.05) is 6.42 Å².